The maximum Gasteiger partial charge on any atom is 0.260 e. The molecule has 2 aromatic carbocycles. The lowest BCUT2D eigenvalue weighted by atomic mass is 10.2. The van der Waals surface area contributed by atoms with E-state index in [9.17, 15) is 9.59 Å². The van der Waals surface area contributed by atoms with Crippen LogP contribution in [0.25, 0.3) is 0 Å². The Morgan fingerprint density at radius 3 is 2.54 bits per heavy atom. The summed E-state index contributed by atoms with van der Waals surface area (Å²) in [5.74, 6) is -0.0758. The summed E-state index contributed by atoms with van der Waals surface area (Å²) in [7, 11) is 1.54. The molecule has 26 heavy (non-hydrogen) atoms. The molecule has 0 aliphatic rings. The van der Waals surface area contributed by atoms with Crippen molar-refractivity contribution in [3.63, 3.8) is 0 Å². The van der Waals surface area contributed by atoms with Gasteiger partial charge >= 0.3 is 0 Å². The van der Waals surface area contributed by atoms with Gasteiger partial charge < -0.3 is 15.0 Å². The topological polar surface area (TPSA) is 82.4 Å². The van der Waals surface area contributed by atoms with Crippen molar-refractivity contribution in [2.45, 2.75) is 6.42 Å². The summed E-state index contributed by atoms with van der Waals surface area (Å²) in [6.07, 6.45) is 0.328. The minimum Gasteiger partial charge on any atom is -0.484 e. The Labute approximate surface area is 160 Å². The molecule has 134 valence electrons. The van der Waals surface area contributed by atoms with E-state index in [0.29, 0.717) is 17.9 Å². The fourth-order valence-electron chi connectivity index (χ4n) is 2.11. The summed E-state index contributed by atoms with van der Waals surface area (Å²) in [6.45, 7) is -0.249. The summed E-state index contributed by atoms with van der Waals surface area (Å²) in [4.78, 5) is 25.5. The monoisotopic (exact) mass is 415 g/mol. The molecule has 6 nitrogen and oxygen atoms in total. The molecule has 0 radical (unpaired) electrons. The van der Waals surface area contributed by atoms with Crippen LogP contribution in [0.5, 0.6) is 5.75 Å². The van der Waals surface area contributed by atoms with Crippen LogP contribution in [0.2, 0.25) is 0 Å². The van der Waals surface area contributed by atoms with Crippen molar-refractivity contribution in [2.75, 3.05) is 25.5 Å². The van der Waals surface area contributed by atoms with E-state index in [2.05, 4.69) is 27.3 Å². The smallest absolute Gasteiger partial charge is 0.260 e. The third kappa shape index (κ3) is 5.90. The highest BCUT2D eigenvalue weighted by Crippen LogP contribution is 2.21. The van der Waals surface area contributed by atoms with Crippen LogP contribution in [-0.2, 0) is 16.0 Å². The molecule has 0 bridgehead atoms. The number of nitrogens with one attached hydrogen (secondary N) is 1. The van der Waals surface area contributed by atoms with Crippen molar-refractivity contribution < 1.29 is 14.3 Å². The molecule has 2 rings (SSSR count). The first-order valence-electron chi connectivity index (χ1n) is 7.86. The average molecular weight is 416 g/mol. The van der Waals surface area contributed by atoms with Gasteiger partial charge in [0.15, 0.2) is 6.61 Å². The summed E-state index contributed by atoms with van der Waals surface area (Å²) < 4.78 is 6.20. The number of hydrogen-bond donors (Lipinski definition) is 1. The molecule has 7 heteroatoms. The van der Waals surface area contributed by atoms with Crippen LogP contribution in [0.1, 0.15) is 5.56 Å². The van der Waals surface area contributed by atoms with Crippen LogP contribution in [-0.4, -0.2) is 36.9 Å². The van der Waals surface area contributed by atoms with Crippen LogP contribution in [0, 0.1) is 11.3 Å². The molecule has 2 amide bonds. The average Bonchev–Trinajstić information content (AvgIpc) is 2.63. The summed E-state index contributed by atoms with van der Waals surface area (Å²) in [5.41, 5.74) is 1.53. The molecule has 0 atom stereocenters. The molecule has 2 aromatic rings. The molecule has 0 fully saturated rings. The summed E-state index contributed by atoms with van der Waals surface area (Å²) in [6, 6.07) is 16.3. The third-order valence-corrected chi connectivity index (χ3v) is 4.21. The number of nitriles is 1. The van der Waals surface area contributed by atoms with Gasteiger partial charge in [0.05, 0.1) is 24.7 Å². The van der Waals surface area contributed by atoms with E-state index in [1.807, 2.05) is 18.2 Å². The molecular formula is C19H18BrN3O3. The second-order valence-electron chi connectivity index (χ2n) is 5.55. The number of para-hydroxylation sites is 1. The fraction of sp³-hybridized carbons (Fsp3) is 0.211. The lowest BCUT2D eigenvalue weighted by Crippen LogP contribution is -2.37. The quantitative estimate of drug-likeness (QED) is 0.753. The second-order valence-corrected chi connectivity index (χ2v) is 6.40. The van der Waals surface area contributed by atoms with Crippen molar-refractivity contribution in [1.82, 2.24) is 4.90 Å². The predicted molar refractivity (Wildman–Crippen MR) is 102 cm³/mol. The van der Waals surface area contributed by atoms with Crippen molar-refractivity contribution in [3.05, 3.63) is 58.6 Å². The Bertz CT molecular complexity index is 816. The van der Waals surface area contributed by atoms with Gasteiger partial charge in [-0.15, -0.1) is 0 Å². The van der Waals surface area contributed by atoms with Crippen LogP contribution in [0.15, 0.2) is 53.0 Å². The maximum atomic E-state index is 12.1. The van der Waals surface area contributed by atoms with Crippen LogP contribution >= 0.6 is 15.9 Å². The maximum absolute atomic E-state index is 12.1. The lowest BCUT2D eigenvalue weighted by Gasteiger charge is -2.17. The van der Waals surface area contributed by atoms with E-state index in [0.717, 1.165) is 10.0 Å². The summed E-state index contributed by atoms with van der Waals surface area (Å²) >= 11 is 3.35. The zero-order valence-electron chi connectivity index (χ0n) is 14.2. The largest absolute Gasteiger partial charge is 0.484 e. The Morgan fingerprint density at radius 2 is 1.88 bits per heavy atom. The molecule has 0 aliphatic carbocycles. The first-order valence-corrected chi connectivity index (χ1v) is 8.66. The number of anilines is 1. The van der Waals surface area contributed by atoms with E-state index in [-0.39, 0.29) is 25.0 Å². The van der Waals surface area contributed by atoms with Crippen molar-refractivity contribution >= 4 is 33.4 Å². The highest BCUT2D eigenvalue weighted by atomic mass is 79.9. The highest BCUT2D eigenvalue weighted by molar-refractivity contribution is 9.10. The molecule has 0 heterocycles. The lowest BCUT2D eigenvalue weighted by molar-refractivity contribution is -0.135. The van der Waals surface area contributed by atoms with Gasteiger partial charge in [-0.3, -0.25) is 9.59 Å². The second kappa shape index (κ2) is 9.59. The normalized spacial score (nSPS) is 9.88. The van der Waals surface area contributed by atoms with E-state index in [1.165, 1.54) is 4.90 Å². The number of likely N-dealkylation sites (N-methyl/N-ethyl adjacent to an activating group) is 1. The summed E-state index contributed by atoms with van der Waals surface area (Å²) in [5, 5.41) is 11.4. The van der Waals surface area contributed by atoms with Gasteiger partial charge in [0.1, 0.15) is 5.75 Å². The number of amides is 2. The third-order valence-electron chi connectivity index (χ3n) is 3.52. The first kappa shape index (κ1) is 19.5. The minimum absolute atomic E-state index is 0.0787. The standard InChI is InChI=1S/C19H18BrN3O3/c1-23(12-18(24)22-17-5-3-2-4-16(17)20)19(25)13-26-15-8-6-14(7-9-15)10-11-21/h2-9H,10,12-13H2,1H3,(H,22,24). The number of nitrogens with zero attached hydrogens (tertiary/aromatic N) is 2. The number of carbonyl (C=O) groups is 2. The number of ether oxygens (including phenoxy) is 1. The molecule has 0 aromatic heterocycles. The Hall–Kier alpha value is -2.85. The van der Waals surface area contributed by atoms with Crippen molar-refractivity contribution in [3.8, 4) is 11.8 Å². The molecule has 0 aliphatic heterocycles. The zero-order valence-corrected chi connectivity index (χ0v) is 15.8. The fourth-order valence-corrected chi connectivity index (χ4v) is 2.49. The zero-order chi connectivity index (χ0) is 18.9. The van der Waals surface area contributed by atoms with Gasteiger partial charge in [0, 0.05) is 11.5 Å². The highest BCUT2D eigenvalue weighted by Gasteiger charge is 2.14. The van der Waals surface area contributed by atoms with E-state index < -0.39 is 0 Å². The number of benzene rings is 2. The van der Waals surface area contributed by atoms with E-state index in [1.54, 1.807) is 37.4 Å². The number of hydrogen-bond acceptors (Lipinski definition) is 4. The molecule has 0 saturated heterocycles. The van der Waals surface area contributed by atoms with Crippen LogP contribution < -0.4 is 10.1 Å². The first-order chi connectivity index (χ1) is 12.5. The van der Waals surface area contributed by atoms with Gasteiger partial charge in [-0.1, -0.05) is 24.3 Å². The van der Waals surface area contributed by atoms with Gasteiger partial charge in [0.25, 0.3) is 5.91 Å². The van der Waals surface area contributed by atoms with Crippen molar-refractivity contribution in [2.24, 2.45) is 0 Å². The Morgan fingerprint density at radius 1 is 1.19 bits per heavy atom. The molecule has 0 spiro atoms. The Kier molecular flexibility index (Phi) is 7.18. The van der Waals surface area contributed by atoms with Crippen LogP contribution in [0.4, 0.5) is 5.69 Å². The van der Waals surface area contributed by atoms with Crippen LogP contribution in [0.3, 0.4) is 0 Å². The number of halogens is 1. The SMILES string of the molecule is CN(CC(=O)Nc1ccccc1Br)C(=O)COc1ccc(CC#N)cc1. The van der Waals surface area contributed by atoms with Crippen molar-refractivity contribution in [1.29, 1.82) is 5.26 Å². The Balaban J connectivity index is 1.80. The minimum atomic E-state index is -0.312. The number of carbonyl (C=O) groups excluding carboxylic acids is 2. The predicted octanol–water partition coefficient (Wildman–Crippen LogP) is 2.99. The molecule has 1 N–H and O–H groups in total. The van der Waals surface area contributed by atoms with Gasteiger partial charge in [-0.25, -0.2) is 0 Å². The van der Waals surface area contributed by atoms with Gasteiger partial charge in [0.2, 0.25) is 5.91 Å². The van der Waals surface area contributed by atoms with E-state index >= 15 is 0 Å². The van der Waals surface area contributed by atoms with Gasteiger partial charge in [-0.05, 0) is 45.8 Å². The molecular weight excluding hydrogens is 398 g/mol. The molecule has 0 saturated carbocycles. The molecule has 0 unspecified atom stereocenters. The van der Waals surface area contributed by atoms with Gasteiger partial charge in [-0.2, -0.15) is 5.26 Å². The number of rotatable bonds is 7. The van der Waals surface area contributed by atoms with E-state index in [4.69, 9.17) is 10.00 Å².